The molecular weight excluding hydrogens is 259 g/mol. The van der Waals surface area contributed by atoms with Crippen LogP contribution in [0, 0.1) is 5.92 Å². The lowest BCUT2D eigenvalue weighted by Crippen LogP contribution is -2.16. The molecule has 0 aliphatic heterocycles. The van der Waals surface area contributed by atoms with Crippen LogP contribution in [-0.2, 0) is 14.3 Å². The Bertz CT molecular complexity index is 337. The fourth-order valence-corrected chi connectivity index (χ4v) is 2.47. The molecule has 0 amide bonds. The number of allylic oxidation sites excluding steroid dienone is 1. The molecule has 3 nitrogen and oxygen atoms in total. The molecule has 6 heteroatoms. The van der Waals surface area contributed by atoms with Gasteiger partial charge in [0.1, 0.15) is 0 Å². The van der Waals surface area contributed by atoms with Crippen molar-refractivity contribution < 1.29 is 12.6 Å². The molecule has 0 saturated heterocycles. The molecular formula is C9H14Cl2O3S. The molecule has 1 aliphatic carbocycles. The van der Waals surface area contributed by atoms with Gasteiger partial charge in [-0.1, -0.05) is 17.7 Å². The van der Waals surface area contributed by atoms with Crippen molar-refractivity contribution in [3.05, 3.63) is 11.1 Å². The fraction of sp³-hybridized carbons (Fsp3) is 0.778. The number of hydrogen-bond acceptors (Lipinski definition) is 3. The van der Waals surface area contributed by atoms with Crippen molar-refractivity contribution in [1.29, 1.82) is 0 Å². The van der Waals surface area contributed by atoms with Gasteiger partial charge in [-0.05, 0) is 19.3 Å². The van der Waals surface area contributed by atoms with Crippen LogP contribution < -0.4 is 0 Å². The lowest BCUT2D eigenvalue weighted by Gasteiger charge is -2.15. The second kappa shape index (κ2) is 5.53. The first-order chi connectivity index (χ1) is 6.88. The molecule has 88 valence electrons. The average molecular weight is 273 g/mol. The lowest BCUT2D eigenvalue weighted by atomic mass is 10.0. The SMILES string of the molecule is CS(=O)(=O)OCC1CC(Cl)CCC=C1Cl. The van der Waals surface area contributed by atoms with Crippen molar-refractivity contribution in [3.63, 3.8) is 0 Å². The van der Waals surface area contributed by atoms with Crippen LogP contribution in [0.25, 0.3) is 0 Å². The minimum absolute atomic E-state index is 0.0330. The largest absolute Gasteiger partial charge is 0.270 e. The van der Waals surface area contributed by atoms with E-state index in [1.54, 1.807) is 0 Å². The Balaban J connectivity index is 2.58. The smallest absolute Gasteiger partial charge is 0.264 e. The first kappa shape index (κ1) is 13.3. The van der Waals surface area contributed by atoms with E-state index in [-0.39, 0.29) is 17.9 Å². The topological polar surface area (TPSA) is 43.4 Å². The van der Waals surface area contributed by atoms with Crippen molar-refractivity contribution >= 4 is 33.3 Å². The third kappa shape index (κ3) is 5.20. The van der Waals surface area contributed by atoms with E-state index in [4.69, 9.17) is 27.4 Å². The highest BCUT2D eigenvalue weighted by Crippen LogP contribution is 2.30. The molecule has 0 aromatic rings. The Kier molecular flexibility index (Phi) is 4.90. The maximum absolute atomic E-state index is 10.8. The molecule has 1 rings (SSSR count). The number of alkyl halides is 1. The fourth-order valence-electron chi connectivity index (χ4n) is 1.46. The molecule has 0 aromatic heterocycles. The Morgan fingerprint density at radius 2 is 2.27 bits per heavy atom. The summed E-state index contributed by atoms with van der Waals surface area (Å²) in [5, 5.41) is 0.687. The summed E-state index contributed by atoms with van der Waals surface area (Å²) < 4.78 is 26.4. The zero-order chi connectivity index (χ0) is 11.5. The van der Waals surface area contributed by atoms with Crippen LogP contribution >= 0.6 is 23.2 Å². The van der Waals surface area contributed by atoms with Gasteiger partial charge in [-0.25, -0.2) is 0 Å². The third-order valence-corrected chi connectivity index (χ3v) is 3.66. The van der Waals surface area contributed by atoms with Gasteiger partial charge in [0, 0.05) is 16.3 Å². The van der Waals surface area contributed by atoms with E-state index in [2.05, 4.69) is 0 Å². The van der Waals surface area contributed by atoms with Crippen molar-refractivity contribution in [2.45, 2.75) is 24.6 Å². The van der Waals surface area contributed by atoms with Gasteiger partial charge in [0.05, 0.1) is 12.9 Å². The summed E-state index contributed by atoms with van der Waals surface area (Å²) >= 11 is 12.0. The van der Waals surface area contributed by atoms with Crippen LogP contribution in [0.15, 0.2) is 11.1 Å². The predicted molar refractivity (Wildman–Crippen MR) is 61.7 cm³/mol. The Morgan fingerprint density at radius 1 is 1.60 bits per heavy atom. The van der Waals surface area contributed by atoms with E-state index in [1.165, 1.54) is 0 Å². The standard InChI is InChI=1S/C9H14Cl2O3S/c1-15(12,13)14-6-7-5-8(10)3-2-4-9(7)11/h4,7-8H,2-3,5-6H2,1H3. The van der Waals surface area contributed by atoms with E-state index in [9.17, 15) is 8.42 Å². The second-order valence-corrected chi connectivity index (χ2v) is 6.38. The molecule has 0 spiro atoms. The van der Waals surface area contributed by atoms with E-state index >= 15 is 0 Å². The minimum Gasteiger partial charge on any atom is -0.270 e. The Hall–Kier alpha value is 0.230. The minimum atomic E-state index is -3.41. The Labute approximate surface area is 101 Å². The van der Waals surface area contributed by atoms with Gasteiger partial charge < -0.3 is 0 Å². The monoisotopic (exact) mass is 272 g/mol. The molecule has 0 saturated carbocycles. The van der Waals surface area contributed by atoms with Crippen LogP contribution in [-0.4, -0.2) is 26.7 Å². The quantitative estimate of drug-likeness (QED) is 0.586. The number of halogens is 2. The van der Waals surface area contributed by atoms with Crippen LogP contribution in [0.4, 0.5) is 0 Å². The van der Waals surface area contributed by atoms with Crippen molar-refractivity contribution in [3.8, 4) is 0 Å². The number of rotatable bonds is 3. The predicted octanol–water partition coefficient (Wildman–Crippen LogP) is 2.49. The Morgan fingerprint density at radius 3 is 2.87 bits per heavy atom. The van der Waals surface area contributed by atoms with Crippen LogP contribution in [0.5, 0.6) is 0 Å². The van der Waals surface area contributed by atoms with Crippen molar-refractivity contribution in [2.24, 2.45) is 5.92 Å². The highest BCUT2D eigenvalue weighted by molar-refractivity contribution is 7.85. The first-order valence-corrected chi connectivity index (χ1v) is 7.35. The normalized spacial score (nSPS) is 28.3. The summed E-state index contributed by atoms with van der Waals surface area (Å²) in [6.07, 6.45) is 5.28. The van der Waals surface area contributed by atoms with Gasteiger partial charge in [-0.2, -0.15) is 8.42 Å². The number of hydrogen-bond donors (Lipinski definition) is 0. The summed E-state index contributed by atoms with van der Waals surface area (Å²) in [7, 11) is -3.41. The third-order valence-electron chi connectivity index (χ3n) is 2.23. The lowest BCUT2D eigenvalue weighted by molar-refractivity contribution is 0.272. The van der Waals surface area contributed by atoms with Gasteiger partial charge in [-0.15, -0.1) is 11.6 Å². The summed E-state index contributed by atoms with van der Waals surface area (Å²) in [6, 6.07) is 0. The maximum Gasteiger partial charge on any atom is 0.264 e. The maximum atomic E-state index is 10.8. The highest BCUT2D eigenvalue weighted by Gasteiger charge is 2.22. The molecule has 15 heavy (non-hydrogen) atoms. The summed E-state index contributed by atoms with van der Waals surface area (Å²) in [5.41, 5.74) is 0. The zero-order valence-corrected chi connectivity index (χ0v) is 10.8. The van der Waals surface area contributed by atoms with E-state index in [1.807, 2.05) is 6.08 Å². The van der Waals surface area contributed by atoms with Gasteiger partial charge in [0.25, 0.3) is 10.1 Å². The zero-order valence-electron chi connectivity index (χ0n) is 8.45. The van der Waals surface area contributed by atoms with Gasteiger partial charge in [0.2, 0.25) is 0 Å². The molecule has 0 bridgehead atoms. The summed E-state index contributed by atoms with van der Waals surface area (Å²) in [5.74, 6) is -0.105. The van der Waals surface area contributed by atoms with Gasteiger partial charge in [-0.3, -0.25) is 4.18 Å². The van der Waals surface area contributed by atoms with E-state index in [0.29, 0.717) is 11.5 Å². The van der Waals surface area contributed by atoms with Crippen molar-refractivity contribution in [1.82, 2.24) is 0 Å². The van der Waals surface area contributed by atoms with E-state index in [0.717, 1.165) is 19.1 Å². The molecule has 2 unspecified atom stereocenters. The molecule has 0 fully saturated rings. The molecule has 1 aliphatic rings. The van der Waals surface area contributed by atoms with E-state index < -0.39 is 10.1 Å². The first-order valence-electron chi connectivity index (χ1n) is 4.72. The second-order valence-electron chi connectivity index (χ2n) is 3.68. The van der Waals surface area contributed by atoms with Gasteiger partial charge >= 0.3 is 0 Å². The highest BCUT2D eigenvalue weighted by atomic mass is 35.5. The average Bonchev–Trinajstić information content (AvgIpc) is 2.24. The molecule has 0 radical (unpaired) electrons. The molecule has 0 aromatic carbocycles. The van der Waals surface area contributed by atoms with Crippen LogP contribution in [0.3, 0.4) is 0 Å². The molecule has 2 atom stereocenters. The van der Waals surface area contributed by atoms with Crippen molar-refractivity contribution in [2.75, 3.05) is 12.9 Å². The van der Waals surface area contributed by atoms with Crippen LogP contribution in [0.2, 0.25) is 0 Å². The molecule has 0 heterocycles. The van der Waals surface area contributed by atoms with Crippen LogP contribution in [0.1, 0.15) is 19.3 Å². The summed E-state index contributed by atoms with van der Waals surface area (Å²) in [6.45, 7) is 0.0807. The molecule has 0 N–H and O–H groups in total. The van der Waals surface area contributed by atoms with Gasteiger partial charge in [0.15, 0.2) is 0 Å². The summed E-state index contributed by atoms with van der Waals surface area (Å²) in [4.78, 5) is 0.